The van der Waals surface area contributed by atoms with Crippen LogP contribution in [0.3, 0.4) is 0 Å². The topological polar surface area (TPSA) is 110 Å². The van der Waals surface area contributed by atoms with Crippen molar-refractivity contribution < 1.29 is 34.1 Å². The van der Waals surface area contributed by atoms with Crippen molar-refractivity contribution in [2.45, 2.75) is 64.8 Å². The number of carbonyl (C=O) groups excluding carboxylic acids is 3. The highest BCUT2D eigenvalue weighted by molar-refractivity contribution is 6.02. The van der Waals surface area contributed by atoms with Crippen molar-refractivity contribution in [3.8, 4) is 5.75 Å². The van der Waals surface area contributed by atoms with Crippen LogP contribution in [0.1, 0.15) is 52.5 Å². The first kappa shape index (κ1) is 21.9. The second kappa shape index (κ2) is 8.31. The largest absolute Gasteiger partial charge is 0.508 e. The smallest absolute Gasteiger partial charge is 0.317 e. The van der Waals surface area contributed by atoms with Gasteiger partial charge in [-0.15, -0.1) is 0 Å². The van der Waals surface area contributed by atoms with Gasteiger partial charge in [0.2, 0.25) is 0 Å². The molecule has 154 valence electrons. The molecule has 7 nitrogen and oxygen atoms in total. The Hall–Kier alpha value is -2.41. The molecule has 0 unspecified atom stereocenters. The number of hydrogen-bond donors (Lipinski definition) is 2. The number of Topliss-reactive ketones (excluding diaryl/α,β-unsaturated/α-hetero) is 1. The van der Waals surface area contributed by atoms with Crippen molar-refractivity contribution in [3.05, 3.63) is 29.8 Å². The monoisotopic (exact) mass is 392 g/mol. The lowest BCUT2D eigenvalue weighted by atomic mass is 9.61. The molecule has 0 bridgehead atoms. The Morgan fingerprint density at radius 3 is 2.21 bits per heavy atom. The van der Waals surface area contributed by atoms with E-state index in [2.05, 4.69) is 0 Å². The molecule has 0 amide bonds. The van der Waals surface area contributed by atoms with Crippen LogP contribution in [0.2, 0.25) is 0 Å². The summed E-state index contributed by atoms with van der Waals surface area (Å²) < 4.78 is 10.6. The summed E-state index contributed by atoms with van der Waals surface area (Å²) in [5, 5.41) is 20.8. The molecule has 7 heteroatoms. The number of aromatic hydroxyl groups is 1. The lowest BCUT2D eigenvalue weighted by Gasteiger charge is -2.44. The van der Waals surface area contributed by atoms with E-state index in [0.717, 1.165) is 0 Å². The van der Waals surface area contributed by atoms with Gasteiger partial charge in [-0.1, -0.05) is 12.1 Å². The van der Waals surface area contributed by atoms with Crippen molar-refractivity contribution in [1.82, 2.24) is 0 Å². The molecule has 1 aliphatic rings. The Kier molecular flexibility index (Phi) is 6.49. The third-order valence-electron chi connectivity index (χ3n) is 4.73. The minimum Gasteiger partial charge on any atom is -0.508 e. The molecule has 0 aromatic heterocycles. The van der Waals surface area contributed by atoms with Gasteiger partial charge in [0.25, 0.3) is 0 Å². The zero-order valence-electron chi connectivity index (χ0n) is 16.8. The van der Waals surface area contributed by atoms with Crippen LogP contribution in [-0.4, -0.2) is 45.7 Å². The molecule has 1 fully saturated rings. The van der Waals surface area contributed by atoms with E-state index < -0.39 is 53.3 Å². The highest BCUT2D eigenvalue weighted by Crippen LogP contribution is 2.47. The summed E-state index contributed by atoms with van der Waals surface area (Å²) >= 11 is 0. The lowest BCUT2D eigenvalue weighted by molar-refractivity contribution is -0.176. The van der Waals surface area contributed by atoms with Gasteiger partial charge in [0.15, 0.2) is 5.78 Å². The van der Waals surface area contributed by atoms with Crippen molar-refractivity contribution >= 4 is 17.7 Å². The Morgan fingerprint density at radius 2 is 1.68 bits per heavy atom. The quantitative estimate of drug-likeness (QED) is 0.584. The standard InChI is InChI=1S/C21H28O7/c1-11(2)27-19(24)17-15(23)10-21(5,26)18(20(25)28-12(3)4)16(17)13-7-6-8-14(22)9-13/h6-9,11-12,16-18,22,26H,10H2,1-5H3/t16-,17-,18+,21-/m1/s1. The molecule has 0 radical (unpaired) electrons. The molecule has 1 saturated carbocycles. The zero-order valence-corrected chi connectivity index (χ0v) is 16.8. The van der Waals surface area contributed by atoms with Gasteiger partial charge in [-0.05, 0) is 52.3 Å². The van der Waals surface area contributed by atoms with Gasteiger partial charge in [0, 0.05) is 12.3 Å². The number of carbonyl (C=O) groups is 3. The fourth-order valence-electron chi connectivity index (χ4n) is 3.76. The highest BCUT2D eigenvalue weighted by Gasteiger charge is 2.57. The molecule has 1 aliphatic carbocycles. The van der Waals surface area contributed by atoms with E-state index in [-0.39, 0.29) is 12.2 Å². The second-order valence-corrected chi connectivity index (χ2v) is 8.05. The van der Waals surface area contributed by atoms with Crippen LogP contribution in [0, 0.1) is 11.8 Å². The van der Waals surface area contributed by atoms with Gasteiger partial charge in [0.05, 0.1) is 23.7 Å². The molecule has 0 saturated heterocycles. The maximum absolute atomic E-state index is 12.9. The van der Waals surface area contributed by atoms with Crippen molar-refractivity contribution in [3.63, 3.8) is 0 Å². The summed E-state index contributed by atoms with van der Waals surface area (Å²) in [4.78, 5) is 38.4. The Bertz CT molecular complexity index is 743. The first-order valence-electron chi connectivity index (χ1n) is 9.39. The predicted molar refractivity (Wildman–Crippen MR) is 101 cm³/mol. The van der Waals surface area contributed by atoms with Gasteiger partial charge in [-0.25, -0.2) is 0 Å². The van der Waals surface area contributed by atoms with Gasteiger partial charge >= 0.3 is 11.9 Å². The number of rotatable bonds is 5. The van der Waals surface area contributed by atoms with Gasteiger partial charge < -0.3 is 19.7 Å². The summed E-state index contributed by atoms with van der Waals surface area (Å²) in [6.07, 6.45) is -1.27. The molecule has 28 heavy (non-hydrogen) atoms. The van der Waals surface area contributed by atoms with Crippen LogP contribution in [0.5, 0.6) is 5.75 Å². The Morgan fingerprint density at radius 1 is 1.11 bits per heavy atom. The van der Waals surface area contributed by atoms with Gasteiger partial charge in [-0.2, -0.15) is 0 Å². The van der Waals surface area contributed by atoms with Crippen LogP contribution in [0.25, 0.3) is 0 Å². The summed E-state index contributed by atoms with van der Waals surface area (Å²) in [7, 11) is 0. The summed E-state index contributed by atoms with van der Waals surface area (Å²) in [6, 6.07) is 5.97. The number of aliphatic hydroxyl groups is 1. The van der Waals surface area contributed by atoms with Crippen LogP contribution >= 0.6 is 0 Å². The number of esters is 2. The fraction of sp³-hybridized carbons (Fsp3) is 0.571. The first-order chi connectivity index (χ1) is 12.9. The summed E-state index contributed by atoms with van der Waals surface area (Å²) in [5.74, 6) is -5.55. The zero-order chi connectivity index (χ0) is 21.2. The van der Waals surface area contributed by atoms with Crippen LogP contribution in [0.4, 0.5) is 0 Å². The molecule has 2 rings (SSSR count). The van der Waals surface area contributed by atoms with E-state index in [4.69, 9.17) is 9.47 Å². The highest BCUT2D eigenvalue weighted by atomic mass is 16.5. The number of phenolic OH excluding ortho intramolecular Hbond substituents is 1. The van der Waals surface area contributed by atoms with Crippen molar-refractivity contribution in [2.75, 3.05) is 0 Å². The molecule has 4 atom stereocenters. The Labute approximate surface area is 164 Å². The predicted octanol–water partition coefficient (Wildman–Crippen LogP) is 2.34. The number of ketones is 1. The molecular formula is C21H28O7. The minimum atomic E-state index is -1.71. The molecule has 2 N–H and O–H groups in total. The molecular weight excluding hydrogens is 364 g/mol. The molecule has 0 aliphatic heterocycles. The maximum atomic E-state index is 12.9. The first-order valence-corrected chi connectivity index (χ1v) is 9.39. The molecule has 0 spiro atoms. The van der Waals surface area contributed by atoms with E-state index in [9.17, 15) is 24.6 Å². The maximum Gasteiger partial charge on any atom is 0.317 e. The van der Waals surface area contributed by atoms with Crippen molar-refractivity contribution in [1.29, 1.82) is 0 Å². The molecule has 0 heterocycles. The normalized spacial score (nSPS) is 27.7. The van der Waals surface area contributed by atoms with E-state index in [1.165, 1.54) is 19.1 Å². The van der Waals surface area contributed by atoms with E-state index in [1.807, 2.05) is 0 Å². The fourth-order valence-corrected chi connectivity index (χ4v) is 3.76. The van der Waals surface area contributed by atoms with E-state index >= 15 is 0 Å². The number of ether oxygens (including phenoxy) is 2. The van der Waals surface area contributed by atoms with Gasteiger partial charge in [0.1, 0.15) is 11.7 Å². The molecule has 1 aromatic carbocycles. The van der Waals surface area contributed by atoms with Crippen molar-refractivity contribution in [2.24, 2.45) is 11.8 Å². The Balaban J connectivity index is 2.61. The summed E-state index contributed by atoms with van der Waals surface area (Å²) in [5.41, 5.74) is -1.34. The van der Waals surface area contributed by atoms with Crippen LogP contribution in [0.15, 0.2) is 24.3 Å². The molecule has 1 aromatic rings. The van der Waals surface area contributed by atoms with E-state index in [0.29, 0.717) is 5.56 Å². The minimum absolute atomic E-state index is 0.0814. The van der Waals surface area contributed by atoms with E-state index in [1.54, 1.807) is 39.8 Å². The summed E-state index contributed by atoms with van der Waals surface area (Å²) in [6.45, 7) is 8.06. The lowest BCUT2D eigenvalue weighted by Crippen LogP contribution is -2.55. The third kappa shape index (κ3) is 4.70. The average Bonchev–Trinajstić information content (AvgIpc) is 2.51. The van der Waals surface area contributed by atoms with Crippen LogP contribution in [-0.2, 0) is 23.9 Å². The SMILES string of the molecule is CC(C)OC(=O)[C@@H]1C(=O)C[C@@](C)(O)[C@H](C(=O)OC(C)C)[C@@H]1c1cccc(O)c1. The second-order valence-electron chi connectivity index (χ2n) is 8.05. The third-order valence-corrected chi connectivity index (χ3v) is 4.73. The van der Waals surface area contributed by atoms with Gasteiger partial charge in [-0.3, -0.25) is 14.4 Å². The number of benzene rings is 1. The number of hydrogen-bond acceptors (Lipinski definition) is 7. The van der Waals surface area contributed by atoms with Crippen LogP contribution < -0.4 is 0 Å². The average molecular weight is 392 g/mol. The number of phenols is 1.